The third-order valence-corrected chi connectivity index (χ3v) is 0.935. The molecule has 0 heterocycles. The van der Waals surface area contributed by atoms with Crippen LogP contribution in [0.2, 0.25) is 0 Å². The summed E-state index contributed by atoms with van der Waals surface area (Å²) in [7, 11) is -10.0. The van der Waals surface area contributed by atoms with E-state index in [0.29, 0.717) is 0 Å². The molecule has 0 rings (SSSR count). The van der Waals surface area contributed by atoms with Gasteiger partial charge in [0.05, 0.1) is 0 Å². The Kier molecular flexibility index (Phi) is 1.38. The lowest BCUT2D eigenvalue weighted by Crippen LogP contribution is -1.99. The molecule has 0 aliphatic carbocycles. The minimum Gasteiger partial charge on any atom is -0.172 e. The highest BCUT2D eigenvalue weighted by atomic mass is 32.5. The molecule has 0 saturated carbocycles. The van der Waals surface area contributed by atoms with Gasteiger partial charge in [-0.15, -0.1) is 0 Å². The molecule has 0 nitrogen and oxygen atoms in total. The topological polar surface area (TPSA) is 0 Å². The second-order valence-corrected chi connectivity index (χ2v) is 3.73. The first-order valence-corrected chi connectivity index (χ1v) is 3.69. The van der Waals surface area contributed by atoms with Crippen LogP contribution in [0.4, 0.5) is 28.2 Å². The number of hydrogen-bond acceptors (Lipinski definition) is 0. The van der Waals surface area contributed by atoms with E-state index in [1.807, 2.05) is 0 Å². The summed E-state index contributed by atoms with van der Waals surface area (Å²) in [5, 5.41) is -2.24. The molecule has 0 N–H and O–H groups in total. The molecular formula is C2HF7S. The van der Waals surface area contributed by atoms with Gasteiger partial charge in [0.15, 0.2) is 0 Å². The van der Waals surface area contributed by atoms with E-state index in [9.17, 15) is 28.2 Å². The van der Waals surface area contributed by atoms with Crippen molar-refractivity contribution in [3.8, 4) is 0 Å². The molecule has 0 saturated heterocycles. The van der Waals surface area contributed by atoms with Crippen LogP contribution in [0.15, 0.2) is 11.5 Å². The fourth-order valence-corrected chi connectivity index (χ4v) is 0.505. The lowest BCUT2D eigenvalue weighted by molar-refractivity contribution is 0.370. The summed E-state index contributed by atoms with van der Waals surface area (Å²) < 4.78 is 76.0. The van der Waals surface area contributed by atoms with Crippen molar-refractivity contribution in [2.75, 3.05) is 0 Å². The van der Waals surface area contributed by atoms with Crippen molar-refractivity contribution in [2.24, 2.45) is 0 Å². The molecule has 10 heavy (non-hydrogen) atoms. The minimum absolute atomic E-state index is 2.24. The number of halogens is 7. The van der Waals surface area contributed by atoms with Crippen molar-refractivity contribution < 1.29 is 28.2 Å². The monoisotopic (exact) mass is 190 g/mol. The molecule has 0 fully saturated rings. The average molecular weight is 190 g/mol. The first-order valence-electron chi connectivity index (χ1n) is 1.67. The third-order valence-electron chi connectivity index (χ3n) is 0.312. The fourth-order valence-electron chi connectivity index (χ4n) is 0.168. The van der Waals surface area contributed by atoms with Gasteiger partial charge in [0.25, 0.3) is 6.08 Å². The molecule has 0 aromatic rings. The Morgan fingerprint density at radius 1 is 0.900 bits per heavy atom. The zero-order valence-electron chi connectivity index (χ0n) is 4.13. The number of rotatable bonds is 1. The van der Waals surface area contributed by atoms with Crippen molar-refractivity contribution >= 4 is 10.2 Å². The highest BCUT2D eigenvalue weighted by molar-refractivity contribution is 8.48. The van der Waals surface area contributed by atoms with Gasteiger partial charge < -0.3 is 0 Å². The zero-order chi connectivity index (χ0) is 8.69. The second-order valence-electron chi connectivity index (χ2n) is 1.44. The first-order chi connectivity index (χ1) is 3.89. The Hall–Kier alpha value is -0.400. The zero-order valence-corrected chi connectivity index (χ0v) is 4.95. The Balaban J connectivity index is 4.96. The molecule has 0 aromatic carbocycles. The molecule has 0 aliphatic heterocycles. The molecule has 0 amide bonds. The van der Waals surface area contributed by atoms with Crippen LogP contribution in [0, 0.1) is 0 Å². The van der Waals surface area contributed by atoms with Crippen molar-refractivity contribution in [3.05, 3.63) is 11.5 Å². The van der Waals surface area contributed by atoms with E-state index in [1.54, 1.807) is 0 Å². The SMILES string of the molecule is FC(F)=CS(F)(F)(F)(F)F. The molecule has 0 aliphatic rings. The van der Waals surface area contributed by atoms with Gasteiger partial charge in [-0.05, 0) is 0 Å². The van der Waals surface area contributed by atoms with Crippen LogP contribution >= 0.6 is 10.2 Å². The summed E-state index contributed by atoms with van der Waals surface area (Å²) in [6, 6.07) is 0. The lowest BCUT2D eigenvalue weighted by Gasteiger charge is -2.35. The highest BCUT2D eigenvalue weighted by Gasteiger charge is 2.62. The van der Waals surface area contributed by atoms with Crippen LogP contribution in [0.3, 0.4) is 0 Å². The van der Waals surface area contributed by atoms with E-state index in [0.717, 1.165) is 0 Å². The Bertz CT molecular complexity index is 165. The molecule has 0 radical (unpaired) electrons. The Labute approximate surface area is 51.0 Å². The maximum absolute atomic E-state index is 10.9. The molecule has 8 heteroatoms. The minimum atomic E-state index is -10.0. The Morgan fingerprint density at radius 3 is 1.20 bits per heavy atom. The van der Waals surface area contributed by atoms with Gasteiger partial charge in [0.1, 0.15) is 5.41 Å². The van der Waals surface area contributed by atoms with Crippen LogP contribution in [0.25, 0.3) is 0 Å². The van der Waals surface area contributed by atoms with E-state index < -0.39 is 21.7 Å². The van der Waals surface area contributed by atoms with Crippen molar-refractivity contribution in [1.29, 1.82) is 0 Å². The maximum Gasteiger partial charge on any atom is 0.309 e. The van der Waals surface area contributed by atoms with Gasteiger partial charge >= 0.3 is 10.2 Å². The highest BCUT2D eigenvalue weighted by Crippen LogP contribution is 2.99. The quantitative estimate of drug-likeness (QED) is 0.547. The van der Waals surface area contributed by atoms with E-state index in [2.05, 4.69) is 0 Å². The van der Waals surface area contributed by atoms with Crippen LogP contribution in [0.1, 0.15) is 0 Å². The van der Waals surface area contributed by atoms with Gasteiger partial charge in [-0.2, -0.15) is 8.78 Å². The molecular weight excluding hydrogens is 189 g/mol. The van der Waals surface area contributed by atoms with Crippen molar-refractivity contribution in [2.45, 2.75) is 0 Å². The van der Waals surface area contributed by atoms with E-state index in [4.69, 9.17) is 0 Å². The predicted molar refractivity (Wildman–Crippen MR) is 23.4 cm³/mol. The molecule has 0 aromatic heterocycles. The number of hydrogen-bond donors (Lipinski definition) is 0. The fraction of sp³-hybridized carbons (Fsp3) is 0. The van der Waals surface area contributed by atoms with Gasteiger partial charge in [0.2, 0.25) is 0 Å². The largest absolute Gasteiger partial charge is 0.309 e. The Morgan fingerprint density at radius 2 is 1.20 bits per heavy atom. The van der Waals surface area contributed by atoms with Gasteiger partial charge in [-0.3, -0.25) is 0 Å². The molecule has 0 spiro atoms. The maximum atomic E-state index is 10.9. The summed E-state index contributed by atoms with van der Waals surface area (Å²) in [5.74, 6) is 0. The molecule has 0 unspecified atom stereocenters. The predicted octanol–water partition coefficient (Wildman–Crippen LogP) is 4.02. The van der Waals surface area contributed by atoms with Gasteiger partial charge in [-0.1, -0.05) is 19.4 Å². The first kappa shape index (κ1) is 9.60. The summed E-state index contributed by atoms with van der Waals surface area (Å²) in [6.45, 7) is 0. The van der Waals surface area contributed by atoms with Crippen LogP contribution in [0.5, 0.6) is 0 Å². The van der Waals surface area contributed by atoms with E-state index >= 15 is 0 Å². The summed E-state index contributed by atoms with van der Waals surface area (Å²) in [4.78, 5) is 0. The van der Waals surface area contributed by atoms with E-state index in [-0.39, 0.29) is 0 Å². The van der Waals surface area contributed by atoms with E-state index in [1.165, 1.54) is 0 Å². The van der Waals surface area contributed by atoms with Crippen molar-refractivity contribution in [1.82, 2.24) is 0 Å². The average Bonchev–Trinajstić information content (AvgIpc) is 1.12. The smallest absolute Gasteiger partial charge is 0.172 e. The van der Waals surface area contributed by atoms with Crippen LogP contribution < -0.4 is 0 Å². The van der Waals surface area contributed by atoms with Gasteiger partial charge in [0, 0.05) is 0 Å². The van der Waals surface area contributed by atoms with Crippen molar-refractivity contribution in [3.63, 3.8) is 0 Å². The molecule has 0 bridgehead atoms. The normalized spacial score (nSPS) is 19.1. The lowest BCUT2D eigenvalue weighted by atomic mass is 11.1. The molecule has 64 valence electrons. The van der Waals surface area contributed by atoms with Gasteiger partial charge in [-0.25, -0.2) is 0 Å². The summed E-state index contributed by atoms with van der Waals surface area (Å²) in [5.41, 5.74) is 0. The second kappa shape index (κ2) is 1.44. The van der Waals surface area contributed by atoms with Crippen LogP contribution in [-0.4, -0.2) is 0 Å². The van der Waals surface area contributed by atoms with Crippen LogP contribution in [-0.2, 0) is 0 Å². The summed E-state index contributed by atoms with van der Waals surface area (Å²) in [6.07, 6.45) is -3.45. The molecule has 0 atom stereocenters. The standard InChI is InChI=1S/C2HF7S/c3-2(4)1-10(5,6,7,8)9/h1H. The summed E-state index contributed by atoms with van der Waals surface area (Å²) >= 11 is 0. The third kappa shape index (κ3) is 7.60.